The number of aliphatic hydroxyl groups excluding tert-OH is 1. The lowest BCUT2D eigenvalue weighted by atomic mass is 10.0. The molecule has 2 heterocycles. The van der Waals surface area contributed by atoms with Crippen molar-refractivity contribution in [3.05, 3.63) is 47.0 Å². The molecule has 90 valence electrons. The molecular weight excluding hydrogens is 214 g/mol. The van der Waals surface area contributed by atoms with Crippen molar-refractivity contribution in [2.24, 2.45) is 7.05 Å². The first-order valence-electron chi connectivity index (χ1n) is 5.66. The molecule has 17 heavy (non-hydrogen) atoms. The molecule has 2 aromatic heterocycles. The zero-order valence-electron chi connectivity index (χ0n) is 10.4. The summed E-state index contributed by atoms with van der Waals surface area (Å²) in [4.78, 5) is 4.02. The van der Waals surface area contributed by atoms with Crippen molar-refractivity contribution in [3.63, 3.8) is 0 Å². The number of aryl methyl sites for hydroxylation is 2. The summed E-state index contributed by atoms with van der Waals surface area (Å²) in [5.74, 6) is 0. The largest absolute Gasteiger partial charge is 0.388 e. The van der Waals surface area contributed by atoms with Crippen LogP contribution in [-0.2, 0) is 13.5 Å². The number of pyridine rings is 1. The molecule has 4 nitrogen and oxygen atoms in total. The van der Waals surface area contributed by atoms with Gasteiger partial charge in [0.25, 0.3) is 0 Å². The van der Waals surface area contributed by atoms with Gasteiger partial charge in [0.05, 0.1) is 11.8 Å². The van der Waals surface area contributed by atoms with Crippen molar-refractivity contribution in [3.8, 4) is 0 Å². The molecule has 0 saturated carbocycles. The fourth-order valence-corrected chi connectivity index (χ4v) is 2.00. The van der Waals surface area contributed by atoms with Crippen LogP contribution < -0.4 is 0 Å². The predicted molar refractivity (Wildman–Crippen MR) is 65.6 cm³/mol. The summed E-state index contributed by atoms with van der Waals surface area (Å²) in [6.07, 6.45) is 3.46. The minimum absolute atomic E-state index is 0.523. The van der Waals surface area contributed by atoms with Gasteiger partial charge < -0.3 is 5.11 Å². The molecule has 0 aliphatic rings. The van der Waals surface area contributed by atoms with Gasteiger partial charge in [-0.05, 0) is 31.0 Å². The first-order valence-corrected chi connectivity index (χ1v) is 5.66. The molecule has 0 aromatic carbocycles. The molecule has 0 aliphatic carbocycles. The third-order valence-electron chi connectivity index (χ3n) is 3.13. The molecule has 2 rings (SSSR count). The average molecular weight is 231 g/mol. The Morgan fingerprint density at radius 2 is 2.18 bits per heavy atom. The van der Waals surface area contributed by atoms with Gasteiger partial charge in [0.2, 0.25) is 0 Å². The van der Waals surface area contributed by atoms with Gasteiger partial charge in [0.15, 0.2) is 0 Å². The van der Waals surface area contributed by atoms with Crippen LogP contribution in [0.3, 0.4) is 0 Å². The van der Waals surface area contributed by atoms with Crippen LogP contribution in [0.1, 0.15) is 28.6 Å². The number of rotatable bonds is 3. The fourth-order valence-electron chi connectivity index (χ4n) is 2.00. The van der Waals surface area contributed by atoms with E-state index >= 15 is 0 Å². The summed E-state index contributed by atoms with van der Waals surface area (Å²) in [6.45, 7) is 3.99. The lowest BCUT2D eigenvalue weighted by Gasteiger charge is -2.10. The number of hydrogen-bond donors (Lipinski definition) is 1. The van der Waals surface area contributed by atoms with Crippen LogP contribution in [0, 0.1) is 13.8 Å². The molecule has 0 saturated heterocycles. The van der Waals surface area contributed by atoms with E-state index in [1.807, 2.05) is 37.7 Å². The highest BCUT2D eigenvalue weighted by molar-refractivity contribution is 5.27. The summed E-state index contributed by atoms with van der Waals surface area (Å²) in [6, 6.07) is 3.72. The second kappa shape index (κ2) is 4.67. The highest BCUT2D eigenvalue weighted by Crippen LogP contribution is 2.21. The summed E-state index contributed by atoms with van der Waals surface area (Å²) in [5, 5.41) is 14.5. The van der Waals surface area contributed by atoms with E-state index in [1.54, 1.807) is 12.4 Å². The second-order valence-corrected chi connectivity index (χ2v) is 4.28. The Kier molecular flexibility index (Phi) is 3.24. The number of aromatic nitrogens is 3. The van der Waals surface area contributed by atoms with Crippen LogP contribution in [0.2, 0.25) is 0 Å². The highest BCUT2D eigenvalue weighted by atomic mass is 16.3. The maximum absolute atomic E-state index is 10.2. The van der Waals surface area contributed by atoms with Crippen molar-refractivity contribution < 1.29 is 5.11 Å². The van der Waals surface area contributed by atoms with Gasteiger partial charge in [-0.3, -0.25) is 9.67 Å². The summed E-state index contributed by atoms with van der Waals surface area (Å²) in [5.41, 5.74) is 4.04. The van der Waals surface area contributed by atoms with Gasteiger partial charge in [0.1, 0.15) is 0 Å². The van der Waals surface area contributed by atoms with Crippen molar-refractivity contribution in [1.82, 2.24) is 14.8 Å². The number of aliphatic hydroxyl groups is 1. The van der Waals surface area contributed by atoms with Crippen molar-refractivity contribution in [2.75, 3.05) is 0 Å². The first-order chi connectivity index (χ1) is 8.09. The summed E-state index contributed by atoms with van der Waals surface area (Å²) < 4.78 is 1.85. The van der Waals surface area contributed by atoms with Crippen LogP contribution in [0.25, 0.3) is 0 Å². The Labute approximate surface area is 101 Å². The zero-order valence-corrected chi connectivity index (χ0v) is 10.4. The maximum atomic E-state index is 10.2. The molecule has 0 amide bonds. The zero-order chi connectivity index (χ0) is 12.4. The average Bonchev–Trinajstić information content (AvgIpc) is 2.57. The lowest BCUT2D eigenvalue weighted by molar-refractivity contribution is 0.177. The molecule has 1 unspecified atom stereocenters. The van der Waals surface area contributed by atoms with Gasteiger partial charge >= 0.3 is 0 Å². The molecule has 0 fully saturated rings. The van der Waals surface area contributed by atoms with E-state index in [-0.39, 0.29) is 0 Å². The Morgan fingerprint density at radius 1 is 1.41 bits per heavy atom. The molecule has 1 N–H and O–H groups in total. The van der Waals surface area contributed by atoms with Gasteiger partial charge in [-0.25, -0.2) is 0 Å². The van der Waals surface area contributed by atoms with E-state index in [4.69, 9.17) is 0 Å². The first kappa shape index (κ1) is 11.8. The van der Waals surface area contributed by atoms with Crippen molar-refractivity contribution in [2.45, 2.75) is 26.4 Å². The minimum Gasteiger partial charge on any atom is -0.388 e. The number of hydrogen-bond acceptors (Lipinski definition) is 3. The maximum Gasteiger partial charge on any atom is 0.0846 e. The Balaban J connectivity index is 2.22. The Hall–Kier alpha value is -1.68. The van der Waals surface area contributed by atoms with Crippen LogP contribution in [-0.4, -0.2) is 19.9 Å². The molecule has 2 aromatic rings. The standard InChI is InChI=1S/C13H17N3O/c1-9-12(10(2)16(3)15-9)7-13(17)11-5-4-6-14-8-11/h4-6,8,13,17H,7H2,1-3H3. The van der Waals surface area contributed by atoms with Gasteiger partial charge in [0, 0.05) is 31.6 Å². The fraction of sp³-hybridized carbons (Fsp3) is 0.385. The van der Waals surface area contributed by atoms with Crippen molar-refractivity contribution >= 4 is 0 Å². The minimum atomic E-state index is -0.523. The number of nitrogens with zero attached hydrogens (tertiary/aromatic N) is 3. The van der Waals surface area contributed by atoms with Gasteiger partial charge in [-0.15, -0.1) is 0 Å². The molecule has 0 bridgehead atoms. The Morgan fingerprint density at radius 3 is 2.71 bits per heavy atom. The molecule has 0 radical (unpaired) electrons. The topological polar surface area (TPSA) is 50.9 Å². The van der Waals surface area contributed by atoms with E-state index in [9.17, 15) is 5.11 Å². The molecule has 0 aliphatic heterocycles. The Bertz CT molecular complexity index is 505. The van der Waals surface area contributed by atoms with Crippen molar-refractivity contribution in [1.29, 1.82) is 0 Å². The quantitative estimate of drug-likeness (QED) is 0.874. The molecule has 0 spiro atoms. The van der Waals surface area contributed by atoms with Crippen LogP contribution in [0.5, 0.6) is 0 Å². The van der Waals surface area contributed by atoms with E-state index in [2.05, 4.69) is 10.1 Å². The van der Waals surface area contributed by atoms with E-state index in [0.29, 0.717) is 6.42 Å². The van der Waals surface area contributed by atoms with E-state index < -0.39 is 6.10 Å². The van der Waals surface area contributed by atoms with Crippen LogP contribution >= 0.6 is 0 Å². The van der Waals surface area contributed by atoms with Gasteiger partial charge in [-0.1, -0.05) is 6.07 Å². The van der Waals surface area contributed by atoms with Crippen LogP contribution in [0.4, 0.5) is 0 Å². The predicted octanol–water partition coefficient (Wildman–Crippen LogP) is 1.71. The third-order valence-corrected chi connectivity index (χ3v) is 3.13. The normalized spacial score (nSPS) is 12.7. The van der Waals surface area contributed by atoms with Crippen LogP contribution in [0.15, 0.2) is 24.5 Å². The smallest absolute Gasteiger partial charge is 0.0846 e. The van der Waals surface area contributed by atoms with Gasteiger partial charge in [-0.2, -0.15) is 5.10 Å². The highest BCUT2D eigenvalue weighted by Gasteiger charge is 2.15. The van der Waals surface area contributed by atoms with E-state index in [0.717, 1.165) is 22.5 Å². The third kappa shape index (κ3) is 2.36. The van der Waals surface area contributed by atoms with E-state index in [1.165, 1.54) is 0 Å². The molecular formula is C13H17N3O. The lowest BCUT2D eigenvalue weighted by Crippen LogP contribution is -2.04. The molecule has 4 heteroatoms. The molecule has 1 atom stereocenters. The summed E-state index contributed by atoms with van der Waals surface area (Å²) in [7, 11) is 1.92. The monoisotopic (exact) mass is 231 g/mol. The SMILES string of the molecule is Cc1nn(C)c(C)c1CC(O)c1cccnc1. The second-order valence-electron chi connectivity index (χ2n) is 4.28. The summed E-state index contributed by atoms with van der Waals surface area (Å²) >= 11 is 0.